The van der Waals surface area contributed by atoms with Crippen molar-refractivity contribution in [3.05, 3.63) is 63.6 Å². The molecule has 6 nitrogen and oxygen atoms in total. The summed E-state index contributed by atoms with van der Waals surface area (Å²) < 4.78 is 62.5. The van der Waals surface area contributed by atoms with Gasteiger partial charge in [-0.2, -0.15) is 13.2 Å². The number of rotatable bonds is 1. The molecule has 0 saturated carbocycles. The number of aromatic nitrogens is 1. The van der Waals surface area contributed by atoms with Crippen LogP contribution in [0.15, 0.2) is 46.1 Å². The van der Waals surface area contributed by atoms with Gasteiger partial charge in [0.1, 0.15) is 11.3 Å². The van der Waals surface area contributed by atoms with Crippen molar-refractivity contribution in [1.29, 1.82) is 0 Å². The van der Waals surface area contributed by atoms with E-state index in [4.69, 9.17) is 0 Å². The molecule has 1 aliphatic rings. The van der Waals surface area contributed by atoms with Crippen molar-refractivity contribution >= 4 is 15.7 Å². The number of pyridine rings is 1. The van der Waals surface area contributed by atoms with Crippen LogP contribution in [0.1, 0.15) is 21.6 Å². The van der Waals surface area contributed by atoms with E-state index >= 15 is 0 Å². The number of benzene rings is 1. The van der Waals surface area contributed by atoms with Gasteiger partial charge in [0.25, 0.3) is 11.5 Å². The number of aromatic amines is 1. The molecule has 1 aliphatic heterocycles. The van der Waals surface area contributed by atoms with Gasteiger partial charge in [-0.05, 0) is 23.8 Å². The lowest BCUT2D eigenvalue weighted by molar-refractivity contribution is -0.138. The molecule has 1 aromatic carbocycles. The minimum Gasteiger partial charge on any atom is -0.332 e. The number of hydrogen-bond donors (Lipinski definition) is 1. The quantitative estimate of drug-likeness (QED) is 0.810. The summed E-state index contributed by atoms with van der Waals surface area (Å²) in [6.45, 7) is -0.170. The summed E-state index contributed by atoms with van der Waals surface area (Å²) in [6, 6.07) is 7.61. The third-order valence-corrected chi connectivity index (χ3v) is 5.82. The molecule has 1 amide bonds. The van der Waals surface area contributed by atoms with E-state index in [-0.39, 0.29) is 29.4 Å². The molecule has 1 aromatic heterocycles. The first-order valence-electron chi connectivity index (χ1n) is 7.50. The fraction of sp³-hybridized carbons (Fsp3) is 0.250. The Kier molecular flexibility index (Phi) is 4.39. The average Bonchev–Trinajstić information content (AvgIpc) is 2.69. The highest BCUT2D eigenvalue weighted by Gasteiger charge is 2.34. The standard InChI is InChI=1S/C16H13F3N2O4S/c17-16(18,19)11-5-6-12(20-14(11)22)15(23)21-7-8-26(24,25)13-4-2-1-3-10(13)9-21/h1-6H,7-9H2,(H,20,22). The summed E-state index contributed by atoms with van der Waals surface area (Å²) in [4.78, 5) is 27.4. The Morgan fingerprint density at radius 3 is 2.46 bits per heavy atom. The molecule has 0 aliphatic carbocycles. The lowest BCUT2D eigenvalue weighted by Gasteiger charge is -2.20. The van der Waals surface area contributed by atoms with Gasteiger partial charge in [0, 0.05) is 13.1 Å². The van der Waals surface area contributed by atoms with E-state index in [1.54, 1.807) is 18.2 Å². The first-order valence-corrected chi connectivity index (χ1v) is 9.15. The summed E-state index contributed by atoms with van der Waals surface area (Å²) in [5.74, 6) is -1.07. The molecular formula is C16H13F3N2O4S. The summed E-state index contributed by atoms with van der Waals surface area (Å²) >= 11 is 0. The number of nitrogens with one attached hydrogen (secondary N) is 1. The zero-order valence-electron chi connectivity index (χ0n) is 13.2. The van der Waals surface area contributed by atoms with Gasteiger partial charge in [0.15, 0.2) is 9.84 Å². The molecule has 138 valence electrons. The number of halogens is 3. The summed E-state index contributed by atoms with van der Waals surface area (Å²) in [5.41, 5.74) is -2.75. The lowest BCUT2D eigenvalue weighted by Crippen LogP contribution is -2.34. The van der Waals surface area contributed by atoms with Crippen LogP contribution >= 0.6 is 0 Å². The van der Waals surface area contributed by atoms with E-state index < -0.39 is 33.0 Å². The Labute approximate surface area is 146 Å². The molecule has 1 N–H and O–H groups in total. The monoisotopic (exact) mass is 386 g/mol. The van der Waals surface area contributed by atoms with E-state index in [9.17, 15) is 31.2 Å². The van der Waals surface area contributed by atoms with Crippen molar-refractivity contribution < 1.29 is 26.4 Å². The van der Waals surface area contributed by atoms with Gasteiger partial charge in [0.2, 0.25) is 0 Å². The van der Waals surface area contributed by atoms with Gasteiger partial charge < -0.3 is 9.88 Å². The maximum Gasteiger partial charge on any atom is 0.421 e. The van der Waals surface area contributed by atoms with Crippen molar-refractivity contribution in [2.75, 3.05) is 12.3 Å². The maximum atomic E-state index is 12.7. The Hall–Kier alpha value is -2.62. The SMILES string of the molecule is O=C(c1ccc(C(F)(F)F)c(=O)[nH]1)N1CCS(=O)(=O)c2ccccc2C1. The predicted molar refractivity (Wildman–Crippen MR) is 85.3 cm³/mol. The Balaban J connectivity index is 1.95. The molecule has 2 aromatic rings. The number of fused-ring (bicyclic) bond motifs is 1. The van der Waals surface area contributed by atoms with Crippen LogP contribution in [-0.4, -0.2) is 36.5 Å². The van der Waals surface area contributed by atoms with Crippen molar-refractivity contribution in [3.63, 3.8) is 0 Å². The van der Waals surface area contributed by atoms with Gasteiger partial charge in [-0.25, -0.2) is 8.42 Å². The molecule has 0 radical (unpaired) electrons. The molecular weight excluding hydrogens is 373 g/mol. The van der Waals surface area contributed by atoms with Crippen molar-refractivity contribution in [2.24, 2.45) is 0 Å². The van der Waals surface area contributed by atoms with Crippen LogP contribution in [0.2, 0.25) is 0 Å². The molecule has 0 fully saturated rings. The van der Waals surface area contributed by atoms with Crippen LogP contribution in [0.5, 0.6) is 0 Å². The topological polar surface area (TPSA) is 87.3 Å². The first-order chi connectivity index (χ1) is 12.1. The van der Waals surface area contributed by atoms with Crippen LogP contribution in [0.3, 0.4) is 0 Å². The minimum absolute atomic E-state index is 0.0305. The van der Waals surface area contributed by atoms with Crippen LogP contribution < -0.4 is 5.56 Å². The summed E-state index contributed by atoms with van der Waals surface area (Å²) in [7, 11) is -3.58. The van der Waals surface area contributed by atoms with E-state index in [1.165, 1.54) is 11.0 Å². The van der Waals surface area contributed by atoms with Gasteiger partial charge in [-0.1, -0.05) is 18.2 Å². The van der Waals surface area contributed by atoms with Crippen molar-refractivity contribution in [2.45, 2.75) is 17.6 Å². The van der Waals surface area contributed by atoms with Crippen LogP contribution in [0, 0.1) is 0 Å². The average molecular weight is 386 g/mol. The van der Waals surface area contributed by atoms with Gasteiger partial charge in [-0.15, -0.1) is 0 Å². The molecule has 0 spiro atoms. The number of amides is 1. The van der Waals surface area contributed by atoms with E-state index in [2.05, 4.69) is 0 Å². The summed E-state index contributed by atoms with van der Waals surface area (Å²) in [5, 5.41) is 0. The highest BCUT2D eigenvalue weighted by atomic mass is 32.2. The Morgan fingerprint density at radius 1 is 1.12 bits per heavy atom. The predicted octanol–water partition coefficient (Wildman–Crippen LogP) is 1.82. The second-order valence-corrected chi connectivity index (χ2v) is 7.84. The zero-order valence-corrected chi connectivity index (χ0v) is 14.0. The van der Waals surface area contributed by atoms with Crippen molar-refractivity contribution in [1.82, 2.24) is 9.88 Å². The summed E-state index contributed by atoms with van der Waals surface area (Å²) in [6.07, 6.45) is -4.83. The number of carbonyl (C=O) groups is 1. The Bertz CT molecular complexity index is 1030. The number of alkyl halides is 3. The molecule has 0 atom stereocenters. The molecule has 0 saturated heterocycles. The number of sulfone groups is 1. The minimum atomic E-state index is -4.83. The number of nitrogens with zero attached hydrogens (tertiary/aromatic N) is 1. The third kappa shape index (κ3) is 3.36. The second-order valence-electron chi connectivity index (χ2n) is 5.77. The van der Waals surface area contributed by atoms with Crippen LogP contribution in [0.4, 0.5) is 13.2 Å². The van der Waals surface area contributed by atoms with E-state index in [1.807, 2.05) is 4.98 Å². The molecule has 26 heavy (non-hydrogen) atoms. The van der Waals surface area contributed by atoms with Crippen molar-refractivity contribution in [3.8, 4) is 0 Å². The molecule has 0 bridgehead atoms. The fourth-order valence-corrected chi connectivity index (χ4v) is 4.23. The molecule has 2 heterocycles. The molecule has 3 rings (SSSR count). The molecule has 10 heteroatoms. The highest BCUT2D eigenvalue weighted by molar-refractivity contribution is 7.91. The van der Waals surface area contributed by atoms with E-state index in [0.717, 1.165) is 6.07 Å². The Morgan fingerprint density at radius 2 is 1.81 bits per heavy atom. The van der Waals surface area contributed by atoms with Crippen LogP contribution in [0.25, 0.3) is 0 Å². The second kappa shape index (κ2) is 6.27. The lowest BCUT2D eigenvalue weighted by atomic mass is 10.2. The first kappa shape index (κ1) is 18.2. The third-order valence-electron chi connectivity index (χ3n) is 4.03. The van der Waals surface area contributed by atoms with Gasteiger partial charge in [0.05, 0.1) is 10.6 Å². The van der Waals surface area contributed by atoms with Crippen LogP contribution in [-0.2, 0) is 22.6 Å². The normalized spacial score (nSPS) is 16.7. The number of hydrogen-bond acceptors (Lipinski definition) is 4. The van der Waals surface area contributed by atoms with Gasteiger partial charge in [-0.3, -0.25) is 9.59 Å². The zero-order chi connectivity index (χ0) is 19.1. The fourth-order valence-electron chi connectivity index (χ4n) is 2.73. The smallest absolute Gasteiger partial charge is 0.332 e. The van der Waals surface area contributed by atoms with Gasteiger partial charge >= 0.3 is 6.18 Å². The number of carbonyl (C=O) groups excluding carboxylic acids is 1. The highest BCUT2D eigenvalue weighted by Crippen LogP contribution is 2.27. The number of H-pyrrole nitrogens is 1. The van der Waals surface area contributed by atoms with E-state index in [0.29, 0.717) is 11.6 Å². The largest absolute Gasteiger partial charge is 0.421 e. The maximum absolute atomic E-state index is 12.7. The molecule has 0 unspecified atom stereocenters.